The standard InChI is InChI=1S/C9H10.C6H19NSi2/c1-3-9-7-5-4-6-8(9)2;1-8(2,3)7-9(4,5)6/h3-7H,1H2,2H3;7H,1-6H3. The first kappa shape index (κ1) is 17.4. The third-order valence-corrected chi connectivity index (χ3v) is 8.16. The van der Waals surface area contributed by atoms with E-state index in [0.29, 0.717) is 0 Å². The summed E-state index contributed by atoms with van der Waals surface area (Å²) in [6.07, 6.45) is 1.87. The van der Waals surface area contributed by atoms with E-state index >= 15 is 0 Å². The fourth-order valence-corrected chi connectivity index (χ4v) is 10.9. The molecule has 0 aliphatic heterocycles. The Balaban J connectivity index is 0.000000321. The second kappa shape index (κ2) is 7.07. The fraction of sp³-hybridized carbons (Fsp3) is 0.467. The van der Waals surface area contributed by atoms with Gasteiger partial charge in [0.2, 0.25) is 0 Å². The van der Waals surface area contributed by atoms with Crippen LogP contribution in [0.15, 0.2) is 30.8 Å². The lowest BCUT2D eigenvalue weighted by atomic mass is 10.1. The van der Waals surface area contributed by atoms with Gasteiger partial charge in [-0.25, -0.2) is 0 Å². The highest BCUT2D eigenvalue weighted by atomic mass is 28.4. The molecule has 0 heterocycles. The number of nitrogens with one attached hydrogen (secondary N) is 1. The van der Waals surface area contributed by atoms with Crippen molar-refractivity contribution in [3.05, 3.63) is 42.0 Å². The highest BCUT2D eigenvalue weighted by Gasteiger charge is 2.22. The second-order valence-electron chi connectivity index (χ2n) is 6.69. The number of aryl methyl sites for hydroxylation is 1. The van der Waals surface area contributed by atoms with Gasteiger partial charge in [-0.15, -0.1) is 0 Å². The maximum absolute atomic E-state index is 3.74. The Morgan fingerprint density at radius 3 is 1.61 bits per heavy atom. The van der Waals surface area contributed by atoms with Gasteiger partial charge < -0.3 is 4.65 Å². The van der Waals surface area contributed by atoms with Crippen molar-refractivity contribution in [3.63, 3.8) is 0 Å². The molecule has 0 aromatic heterocycles. The fourth-order valence-electron chi connectivity index (χ4n) is 1.94. The highest BCUT2D eigenvalue weighted by Crippen LogP contribution is 2.06. The van der Waals surface area contributed by atoms with Crippen LogP contribution in [0, 0.1) is 6.92 Å². The van der Waals surface area contributed by atoms with Crippen LogP contribution in [0.4, 0.5) is 0 Å². The molecule has 3 heteroatoms. The van der Waals surface area contributed by atoms with Crippen molar-refractivity contribution >= 4 is 22.5 Å². The molecule has 0 spiro atoms. The molecule has 1 nitrogen and oxygen atoms in total. The molecule has 1 aromatic carbocycles. The number of benzene rings is 1. The molecule has 0 unspecified atom stereocenters. The van der Waals surface area contributed by atoms with E-state index in [0.717, 1.165) is 0 Å². The van der Waals surface area contributed by atoms with Crippen LogP contribution in [0.25, 0.3) is 6.08 Å². The van der Waals surface area contributed by atoms with Crippen molar-refractivity contribution in [2.45, 2.75) is 46.2 Å². The highest BCUT2D eigenvalue weighted by molar-refractivity contribution is 6.90. The van der Waals surface area contributed by atoms with Crippen molar-refractivity contribution in [2.24, 2.45) is 0 Å². The van der Waals surface area contributed by atoms with Crippen molar-refractivity contribution in [1.29, 1.82) is 0 Å². The molecule has 1 N–H and O–H groups in total. The van der Waals surface area contributed by atoms with E-state index < -0.39 is 16.5 Å². The smallest absolute Gasteiger partial charge is 0.109 e. The van der Waals surface area contributed by atoms with Crippen molar-refractivity contribution in [1.82, 2.24) is 4.65 Å². The lowest BCUT2D eigenvalue weighted by Gasteiger charge is -2.28. The van der Waals surface area contributed by atoms with Gasteiger partial charge in [0.15, 0.2) is 0 Å². The molecule has 0 saturated carbocycles. The summed E-state index contributed by atoms with van der Waals surface area (Å²) in [5.74, 6) is 0. The van der Waals surface area contributed by atoms with E-state index in [9.17, 15) is 0 Å². The van der Waals surface area contributed by atoms with Crippen LogP contribution in [0.1, 0.15) is 11.1 Å². The minimum absolute atomic E-state index is 0.981. The largest absolute Gasteiger partial charge is 0.360 e. The summed E-state index contributed by atoms with van der Waals surface area (Å²) < 4.78 is 3.74. The first-order valence-corrected chi connectivity index (χ1v) is 13.5. The Bertz CT molecular complexity index is 361. The van der Waals surface area contributed by atoms with E-state index in [-0.39, 0.29) is 0 Å². The van der Waals surface area contributed by atoms with Crippen LogP contribution < -0.4 is 4.65 Å². The molecule has 1 rings (SSSR count). The van der Waals surface area contributed by atoms with Gasteiger partial charge in [0, 0.05) is 0 Å². The maximum Gasteiger partial charge on any atom is 0.109 e. The van der Waals surface area contributed by atoms with Gasteiger partial charge in [0.25, 0.3) is 0 Å². The summed E-state index contributed by atoms with van der Waals surface area (Å²) in [6, 6.07) is 8.19. The summed E-state index contributed by atoms with van der Waals surface area (Å²) in [5.41, 5.74) is 2.50. The van der Waals surface area contributed by atoms with Crippen LogP contribution in [-0.4, -0.2) is 16.5 Å². The van der Waals surface area contributed by atoms with Crippen LogP contribution >= 0.6 is 0 Å². The Morgan fingerprint density at radius 1 is 0.944 bits per heavy atom. The Morgan fingerprint density at radius 2 is 1.39 bits per heavy atom. The van der Waals surface area contributed by atoms with Gasteiger partial charge in [-0.05, 0) is 18.1 Å². The lowest BCUT2D eigenvalue weighted by molar-refractivity contribution is 1.30. The normalized spacial score (nSPS) is 11.5. The third-order valence-electron chi connectivity index (χ3n) is 2.16. The zero-order valence-corrected chi connectivity index (χ0v) is 15.1. The van der Waals surface area contributed by atoms with Crippen molar-refractivity contribution in [2.75, 3.05) is 0 Å². The topological polar surface area (TPSA) is 12.0 Å². The molecule has 0 aliphatic carbocycles. The molecule has 0 atom stereocenters. The zero-order chi connectivity index (χ0) is 14.4. The van der Waals surface area contributed by atoms with Crippen LogP contribution in [0.2, 0.25) is 39.3 Å². The summed E-state index contributed by atoms with van der Waals surface area (Å²) >= 11 is 0. The average molecular weight is 280 g/mol. The van der Waals surface area contributed by atoms with E-state index in [1.54, 1.807) is 0 Å². The maximum atomic E-state index is 3.74. The molecule has 0 fully saturated rings. The monoisotopic (exact) mass is 279 g/mol. The minimum Gasteiger partial charge on any atom is -0.360 e. The quantitative estimate of drug-likeness (QED) is 0.777. The molecule has 1 aromatic rings. The van der Waals surface area contributed by atoms with Gasteiger partial charge in [-0.3, -0.25) is 0 Å². The first-order chi connectivity index (χ1) is 8.05. The predicted octanol–water partition coefficient (Wildman–Crippen LogP) is 4.88. The molecular weight excluding hydrogens is 250 g/mol. The summed E-state index contributed by atoms with van der Waals surface area (Å²) in [7, 11) is -1.96. The molecule has 0 amide bonds. The van der Waals surface area contributed by atoms with Gasteiger partial charge in [0.1, 0.15) is 16.5 Å². The molecular formula is C15H29NSi2. The van der Waals surface area contributed by atoms with Crippen molar-refractivity contribution in [3.8, 4) is 0 Å². The average Bonchev–Trinajstić information content (AvgIpc) is 2.13. The number of hydrogen-bond donors (Lipinski definition) is 1. The van der Waals surface area contributed by atoms with E-state index in [2.05, 4.69) is 69.6 Å². The van der Waals surface area contributed by atoms with Gasteiger partial charge in [0.05, 0.1) is 0 Å². The van der Waals surface area contributed by atoms with Crippen molar-refractivity contribution < 1.29 is 0 Å². The second-order valence-corrected chi connectivity index (χ2v) is 16.7. The van der Waals surface area contributed by atoms with E-state index in [1.807, 2.05) is 18.2 Å². The summed E-state index contributed by atoms with van der Waals surface area (Å²) in [5, 5.41) is 0. The Hall–Kier alpha value is -0.646. The first-order valence-electron chi connectivity index (χ1n) is 6.52. The predicted molar refractivity (Wildman–Crippen MR) is 91.1 cm³/mol. The van der Waals surface area contributed by atoms with Gasteiger partial charge >= 0.3 is 0 Å². The Labute approximate surface area is 116 Å². The Kier molecular flexibility index (Phi) is 6.81. The van der Waals surface area contributed by atoms with Gasteiger partial charge in [-0.1, -0.05) is 76.2 Å². The summed E-state index contributed by atoms with van der Waals surface area (Å²) in [4.78, 5) is 0. The minimum atomic E-state index is -0.981. The van der Waals surface area contributed by atoms with Crippen LogP contribution in [0.5, 0.6) is 0 Å². The van der Waals surface area contributed by atoms with E-state index in [1.165, 1.54) is 11.1 Å². The molecule has 0 bridgehead atoms. The molecule has 0 saturated heterocycles. The summed E-state index contributed by atoms with van der Waals surface area (Å²) in [6.45, 7) is 19.9. The molecule has 102 valence electrons. The number of rotatable bonds is 3. The molecule has 18 heavy (non-hydrogen) atoms. The lowest BCUT2D eigenvalue weighted by Crippen LogP contribution is -2.55. The zero-order valence-electron chi connectivity index (χ0n) is 13.1. The van der Waals surface area contributed by atoms with Crippen LogP contribution in [-0.2, 0) is 0 Å². The van der Waals surface area contributed by atoms with Gasteiger partial charge in [-0.2, -0.15) is 0 Å². The third kappa shape index (κ3) is 9.39. The number of hydrogen-bond acceptors (Lipinski definition) is 1. The molecule has 0 aliphatic rings. The SMILES string of the molecule is C=Cc1ccccc1C.C[Si](C)(C)N[Si](C)(C)C. The molecule has 0 radical (unpaired) electrons. The van der Waals surface area contributed by atoms with Crippen LogP contribution in [0.3, 0.4) is 0 Å². The van der Waals surface area contributed by atoms with E-state index in [4.69, 9.17) is 0 Å².